The van der Waals surface area contributed by atoms with Crippen LogP contribution < -0.4 is 5.32 Å². The largest absolute Gasteiger partial charge is 0.309 e. The van der Waals surface area contributed by atoms with E-state index in [0.717, 1.165) is 11.0 Å². The van der Waals surface area contributed by atoms with Gasteiger partial charge in [0.15, 0.2) is 0 Å². The fraction of sp³-hybridized carbons (Fsp3) is 0.571. The molecule has 1 atom stereocenters. The van der Waals surface area contributed by atoms with Crippen molar-refractivity contribution in [3.63, 3.8) is 0 Å². The first-order valence-electron chi connectivity index (χ1n) is 6.11. The highest BCUT2D eigenvalue weighted by atomic mass is 79.9. The lowest BCUT2D eigenvalue weighted by molar-refractivity contribution is 0.317. The summed E-state index contributed by atoms with van der Waals surface area (Å²) in [5.74, 6) is 2.54. The zero-order valence-corrected chi connectivity index (χ0v) is 12.9. The molecule has 0 aromatic heterocycles. The molecule has 1 fully saturated rings. The smallest absolute Gasteiger partial charge is 0.0208 e. The van der Waals surface area contributed by atoms with Gasteiger partial charge < -0.3 is 5.32 Å². The molecule has 94 valence electrons. The van der Waals surface area contributed by atoms with Crippen LogP contribution in [0.25, 0.3) is 0 Å². The van der Waals surface area contributed by atoms with Crippen LogP contribution in [0.5, 0.6) is 0 Å². The van der Waals surface area contributed by atoms with Crippen LogP contribution in [-0.4, -0.2) is 17.5 Å². The highest BCUT2D eigenvalue weighted by molar-refractivity contribution is 9.10. The predicted molar refractivity (Wildman–Crippen MR) is 80.5 cm³/mol. The second kappa shape index (κ2) is 5.77. The zero-order valence-electron chi connectivity index (χ0n) is 10.5. The monoisotopic (exact) mass is 313 g/mol. The van der Waals surface area contributed by atoms with E-state index in [4.69, 9.17) is 0 Å². The van der Waals surface area contributed by atoms with E-state index in [1.807, 2.05) is 0 Å². The van der Waals surface area contributed by atoms with Crippen molar-refractivity contribution < 1.29 is 0 Å². The molecule has 1 aliphatic rings. The Morgan fingerprint density at radius 1 is 1.47 bits per heavy atom. The van der Waals surface area contributed by atoms with Crippen LogP contribution in [0, 0.1) is 5.41 Å². The molecule has 3 heteroatoms. The summed E-state index contributed by atoms with van der Waals surface area (Å²) < 4.78 is 1.16. The van der Waals surface area contributed by atoms with Gasteiger partial charge in [0.25, 0.3) is 0 Å². The number of halogens is 1. The second-order valence-electron chi connectivity index (χ2n) is 5.59. The van der Waals surface area contributed by atoms with Crippen LogP contribution in [0.2, 0.25) is 0 Å². The maximum Gasteiger partial charge on any atom is 0.0208 e. The molecule has 0 spiro atoms. The van der Waals surface area contributed by atoms with Crippen LogP contribution in [0.1, 0.15) is 25.8 Å². The fourth-order valence-corrected chi connectivity index (χ4v) is 4.06. The molecular formula is C14H20BrNS. The van der Waals surface area contributed by atoms with Gasteiger partial charge in [0.2, 0.25) is 0 Å². The van der Waals surface area contributed by atoms with Gasteiger partial charge in [-0.15, -0.1) is 0 Å². The van der Waals surface area contributed by atoms with Crippen molar-refractivity contribution >= 4 is 27.7 Å². The van der Waals surface area contributed by atoms with Gasteiger partial charge in [-0.05, 0) is 35.3 Å². The fourth-order valence-electron chi connectivity index (χ4n) is 2.30. The third-order valence-corrected chi connectivity index (χ3v) is 5.21. The van der Waals surface area contributed by atoms with E-state index in [0.29, 0.717) is 11.5 Å². The molecule has 0 radical (unpaired) electrons. The summed E-state index contributed by atoms with van der Waals surface area (Å²) in [7, 11) is 0. The first-order chi connectivity index (χ1) is 8.05. The van der Waals surface area contributed by atoms with Crippen molar-refractivity contribution in [1.29, 1.82) is 0 Å². The Morgan fingerprint density at radius 2 is 2.29 bits per heavy atom. The Morgan fingerprint density at radius 3 is 3.00 bits per heavy atom. The van der Waals surface area contributed by atoms with Crippen molar-refractivity contribution in [2.24, 2.45) is 5.41 Å². The zero-order chi connectivity index (χ0) is 12.3. The maximum atomic E-state index is 3.68. The number of hydrogen-bond acceptors (Lipinski definition) is 2. The quantitative estimate of drug-likeness (QED) is 0.902. The Bertz CT molecular complexity index is 378. The number of hydrogen-bond donors (Lipinski definition) is 1. The van der Waals surface area contributed by atoms with Crippen molar-refractivity contribution in [2.75, 3.05) is 11.5 Å². The molecule has 1 aliphatic heterocycles. The topological polar surface area (TPSA) is 12.0 Å². The first-order valence-corrected chi connectivity index (χ1v) is 8.05. The summed E-state index contributed by atoms with van der Waals surface area (Å²) in [5.41, 5.74) is 1.84. The maximum absolute atomic E-state index is 3.68. The van der Waals surface area contributed by atoms with E-state index in [1.54, 1.807) is 0 Å². The number of nitrogens with one attached hydrogen (secondary N) is 1. The molecular weight excluding hydrogens is 294 g/mol. The van der Waals surface area contributed by atoms with E-state index in [1.165, 1.54) is 23.5 Å². The molecule has 0 saturated carbocycles. The minimum atomic E-state index is 0.484. The van der Waals surface area contributed by atoms with E-state index in [-0.39, 0.29) is 0 Å². The number of rotatable bonds is 3. The summed E-state index contributed by atoms with van der Waals surface area (Å²) in [6.45, 7) is 5.71. The highest BCUT2D eigenvalue weighted by Crippen LogP contribution is 2.33. The molecule has 17 heavy (non-hydrogen) atoms. The van der Waals surface area contributed by atoms with Gasteiger partial charge in [-0.1, -0.05) is 41.9 Å². The van der Waals surface area contributed by atoms with Gasteiger partial charge in [-0.3, -0.25) is 0 Å². The summed E-state index contributed by atoms with van der Waals surface area (Å²) >= 11 is 5.59. The van der Waals surface area contributed by atoms with E-state index in [2.05, 4.69) is 71.1 Å². The Labute approximate surface area is 117 Å². The van der Waals surface area contributed by atoms with Crippen molar-refractivity contribution in [3.05, 3.63) is 34.3 Å². The number of benzene rings is 1. The SMILES string of the molecule is CC1(C)CSCC(NCc2cccc(Br)c2)C1. The summed E-state index contributed by atoms with van der Waals surface area (Å²) in [6.07, 6.45) is 1.29. The first kappa shape index (κ1) is 13.4. The van der Waals surface area contributed by atoms with Gasteiger partial charge in [0.05, 0.1) is 0 Å². The second-order valence-corrected chi connectivity index (χ2v) is 7.54. The lowest BCUT2D eigenvalue weighted by Gasteiger charge is -2.35. The van der Waals surface area contributed by atoms with Gasteiger partial charge in [-0.2, -0.15) is 11.8 Å². The van der Waals surface area contributed by atoms with Gasteiger partial charge in [0.1, 0.15) is 0 Å². The average Bonchev–Trinajstić information content (AvgIpc) is 2.25. The van der Waals surface area contributed by atoms with E-state index in [9.17, 15) is 0 Å². The van der Waals surface area contributed by atoms with Crippen LogP contribution >= 0.6 is 27.7 Å². The highest BCUT2D eigenvalue weighted by Gasteiger charge is 2.27. The van der Waals surface area contributed by atoms with Crippen LogP contribution in [-0.2, 0) is 6.54 Å². The standard InChI is InChI=1S/C14H20BrNS/c1-14(2)7-13(9-17-10-14)16-8-11-4-3-5-12(15)6-11/h3-6,13,16H,7-10H2,1-2H3. The van der Waals surface area contributed by atoms with Crippen molar-refractivity contribution in [3.8, 4) is 0 Å². The molecule has 1 saturated heterocycles. The molecule has 0 aliphatic carbocycles. The molecule has 1 unspecified atom stereocenters. The third-order valence-electron chi connectivity index (χ3n) is 3.09. The normalized spacial score (nSPS) is 23.6. The molecule has 2 rings (SSSR count). The van der Waals surface area contributed by atoms with Crippen molar-refractivity contribution in [2.45, 2.75) is 32.9 Å². The lowest BCUT2D eigenvalue weighted by Crippen LogP contribution is -2.39. The predicted octanol–water partition coefficient (Wildman–Crippen LogP) is 4.07. The van der Waals surface area contributed by atoms with Crippen LogP contribution in [0.3, 0.4) is 0 Å². The average molecular weight is 314 g/mol. The molecule has 1 heterocycles. The summed E-state index contributed by atoms with van der Waals surface area (Å²) in [5, 5.41) is 3.68. The molecule has 1 aromatic rings. The van der Waals surface area contributed by atoms with Crippen molar-refractivity contribution in [1.82, 2.24) is 5.32 Å². The molecule has 1 aromatic carbocycles. The minimum Gasteiger partial charge on any atom is -0.309 e. The molecule has 0 amide bonds. The molecule has 0 bridgehead atoms. The molecule has 1 nitrogen and oxygen atoms in total. The Kier molecular flexibility index (Phi) is 4.56. The Hall–Kier alpha value is 0.01000. The van der Waals surface area contributed by atoms with Gasteiger partial charge >= 0.3 is 0 Å². The Balaban J connectivity index is 1.86. The number of thioether (sulfide) groups is 1. The summed E-state index contributed by atoms with van der Waals surface area (Å²) in [4.78, 5) is 0. The van der Waals surface area contributed by atoms with Gasteiger partial charge in [0, 0.05) is 22.8 Å². The van der Waals surface area contributed by atoms with E-state index >= 15 is 0 Å². The summed E-state index contributed by atoms with van der Waals surface area (Å²) in [6, 6.07) is 9.19. The lowest BCUT2D eigenvalue weighted by atomic mass is 9.88. The van der Waals surface area contributed by atoms with Crippen LogP contribution in [0.4, 0.5) is 0 Å². The minimum absolute atomic E-state index is 0.484. The van der Waals surface area contributed by atoms with Crippen LogP contribution in [0.15, 0.2) is 28.7 Å². The third kappa shape index (κ3) is 4.31. The molecule has 1 N–H and O–H groups in total. The van der Waals surface area contributed by atoms with Gasteiger partial charge in [-0.25, -0.2) is 0 Å². The van der Waals surface area contributed by atoms with E-state index < -0.39 is 0 Å².